The number of aliphatic hydroxyl groups excluding tert-OH is 1. The first-order valence-corrected chi connectivity index (χ1v) is 5.96. The van der Waals surface area contributed by atoms with Gasteiger partial charge in [0, 0.05) is 5.02 Å². The molecule has 1 saturated carbocycles. The number of hydrogen-bond acceptors (Lipinski definition) is 1. The average molecular weight is 224 g/mol. The third-order valence-corrected chi connectivity index (χ3v) is 3.57. The maximum Gasteiger partial charge on any atom is 0.0540 e. The van der Waals surface area contributed by atoms with E-state index < -0.39 is 0 Å². The molecule has 0 aliphatic heterocycles. The topological polar surface area (TPSA) is 20.2 Å². The van der Waals surface area contributed by atoms with E-state index in [4.69, 9.17) is 11.6 Å². The second-order valence-corrected chi connectivity index (χ2v) is 4.80. The lowest BCUT2D eigenvalue weighted by Gasteiger charge is -2.25. The third kappa shape index (κ3) is 2.96. The zero-order valence-corrected chi connectivity index (χ0v) is 9.50. The molecule has 0 unspecified atom stereocenters. The summed E-state index contributed by atoms with van der Waals surface area (Å²) in [4.78, 5) is 0. The minimum absolute atomic E-state index is 0.0687. The second-order valence-electron chi connectivity index (χ2n) is 4.40. The van der Waals surface area contributed by atoms with Crippen molar-refractivity contribution < 1.29 is 5.11 Å². The van der Waals surface area contributed by atoms with E-state index in [1.54, 1.807) is 0 Å². The summed E-state index contributed by atoms with van der Waals surface area (Å²) < 4.78 is 0. The normalized spacial score (nSPS) is 26.5. The Morgan fingerprint density at radius 1 is 1.33 bits per heavy atom. The van der Waals surface area contributed by atoms with Gasteiger partial charge >= 0.3 is 0 Å². The van der Waals surface area contributed by atoms with Crippen LogP contribution in [0.15, 0.2) is 18.2 Å². The fourth-order valence-electron chi connectivity index (χ4n) is 2.27. The van der Waals surface area contributed by atoms with Crippen molar-refractivity contribution in [2.75, 3.05) is 0 Å². The summed E-state index contributed by atoms with van der Waals surface area (Å²) in [5.74, 6) is 0.688. The van der Waals surface area contributed by atoms with E-state index >= 15 is 0 Å². The van der Waals surface area contributed by atoms with Gasteiger partial charge in [-0.25, -0.2) is 0 Å². The maximum absolute atomic E-state index is 9.42. The number of halogens is 1. The Balaban J connectivity index is 1.95. The van der Waals surface area contributed by atoms with Crippen LogP contribution < -0.4 is 0 Å². The van der Waals surface area contributed by atoms with Gasteiger partial charge in [-0.15, -0.1) is 0 Å². The summed E-state index contributed by atoms with van der Waals surface area (Å²) in [7, 11) is 0. The summed E-state index contributed by atoms with van der Waals surface area (Å²) >= 11 is 6.09. The van der Waals surface area contributed by atoms with Gasteiger partial charge in [-0.05, 0) is 55.7 Å². The fraction of sp³-hybridized carbons (Fsp3) is 0.538. The molecule has 0 amide bonds. The lowest BCUT2D eigenvalue weighted by molar-refractivity contribution is 0.109. The van der Waals surface area contributed by atoms with Crippen molar-refractivity contribution >= 4 is 11.6 Å². The van der Waals surface area contributed by atoms with E-state index in [0.717, 1.165) is 37.1 Å². The van der Waals surface area contributed by atoms with Crippen LogP contribution in [-0.4, -0.2) is 11.2 Å². The first-order chi connectivity index (χ1) is 7.25. The highest BCUT2D eigenvalue weighted by Gasteiger charge is 2.19. The van der Waals surface area contributed by atoms with Gasteiger partial charge in [0.15, 0.2) is 0 Å². The van der Waals surface area contributed by atoms with E-state index in [1.807, 2.05) is 18.2 Å². The van der Waals surface area contributed by atoms with Gasteiger partial charge in [-0.2, -0.15) is 0 Å². The standard InChI is InChI=1S/C13H16ClO/c14-13-4-2-1-3-11(13)9-10-5-7-12(15)8-6-10/h1,3-4,10,12,15H,5-9H2. The first-order valence-electron chi connectivity index (χ1n) is 5.58. The lowest BCUT2D eigenvalue weighted by Crippen LogP contribution is -2.19. The number of aliphatic hydroxyl groups is 1. The van der Waals surface area contributed by atoms with Crippen molar-refractivity contribution in [1.82, 2.24) is 0 Å². The van der Waals surface area contributed by atoms with E-state index in [2.05, 4.69) is 6.07 Å². The molecule has 15 heavy (non-hydrogen) atoms. The van der Waals surface area contributed by atoms with Crippen LogP contribution in [0, 0.1) is 12.0 Å². The number of rotatable bonds is 2. The van der Waals surface area contributed by atoms with Crippen LogP contribution in [-0.2, 0) is 6.42 Å². The van der Waals surface area contributed by atoms with Crippen LogP contribution in [0.3, 0.4) is 0 Å². The van der Waals surface area contributed by atoms with E-state index in [0.29, 0.717) is 5.92 Å². The van der Waals surface area contributed by atoms with Gasteiger partial charge in [-0.3, -0.25) is 0 Å². The minimum atomic E-state index is -0.0687. The van der Waals surface area contributed by atoms with Crippen LogP contribution >= 0.6 is 11.6 Å². The zero-order valence-electron chi connectivity index (χ0n) is 8.75. The van der Waals surface area contributed by atoms with Crippen molar-refractivity contribution in [1.29, 1.82) is 0 Å². The molecule has 2 heteroatoms. The first kappa shape index (κ1) is 11.0. The molecule has 0 aromatic heterocycles. The summed E-state index contributed by atoms with van der Waals surface area (Å²) in [5, 5.41) is 10.2. The fourth-order valence-corrected chi connectivity index (χ4v) is 2.47. The third-order valence-electron chi connectivity index (χ3n) is 3.22. The molecular weight excluding hydrogens is 208 g/mol. The van der Waals surface area contributed by atoms with Crippen molar-refractivity contribution in [3.05, 3.63) is 34.9 Å². The molecule has 1 aromatic rings. The molecule has 1 aliphatic rings. The molecule has 1 radical (unpaired) electrons. The van der Waals surface area contributed by atoms with Crippen molar-refractivity contribution in [3.63, 3.8) is 0 Å². The molecule has 0 atom stereocenters. The molecule has 0 spiro atoms. The Kier molecular flexibility index (Phi) is 3.66. The van der Waals surface area contributed by atoms with Crippen molar-refractivity contribution in [3.8, 4) is 0 Å². The molecule has 0 saturated heterocycles. The van der Waals surface area contributed by atoms with Gasteiger partial charge < -0.3 is 5.11 Å². The average Bonchev–Trinajstić information content (AvgIpc) is 2.25. The van der Waals surface area contributed by atoms with E-state index in [1.165, 1.54) is 5.56 Å². The smallest absolute Gasteiger partial charge is 0.0540 e. The Morgan fingerprint density at radius 3 is 2.73 bits per heavy atom. The summed E-state index contributed by atoms with van der Waals surface area (Å²) in [5.41, 5.74) is 1.22. The Morgan fingerprint density at radius 2 is 2.07 bits per heavy atom. The van der Waals surface area contributed by atoms with Crippen LogP contribution in [0.2, 0.25) is 5.02 Å². The predicted octanol–water partition coefficient (Wildman–Crippen LogP) is 3.23. The van der Waals surface area contributed by atoms with Gasteiger partial charge in [0.1, 0.15) is 0 Å². The molecule has 2 rings (SSSR count). The minimum Gasteiger partial charge on any atom is -0.393 e. The highest BCUT2D eigenvalue weighted by atomic mass is 35.5. The maximum atomic E-state index is 9.42. The van der Waals surface area contributed by atoms with Gasteiger partial charge in [-0.1, -0.05) is 23.7 Å². The van der Waals surface area contributed by atoms with Crippen LogP contribution in [0.25, 0.3) is 0 Å². The van der Waals surface area contributed by atoms with Crippen molar-refractivity contribution in [2.24, 2.45) is 5.92 Å². The zero-order chi connectivity index (χ0) is 10.7. The summed E-state index contributed by atoms with van der Waals surface area (Å²) in [6.45, 7) is 0. The highest BCUT2D eigenvalue weighted by Crippen LogP contribution is 2.29. The highest BCUT2D eigenvalue weighted by molar-refractivity contribution is 6.31. The van der Waals surface area contributed by atoms with E-state index in [-0.39, 0.29) is 6.10 Å². The largest absolute Gasteiger partial charge is 0.393 e. The predicted molar refractivity (Wildman–Crippen MR) is 62.0 cm³/mol. The summed E-state index contributed by atoms with van der Waals surface area (Å²) in [6, 6.07) is 8.77. The molecule has 0 heterocycles. The Bertz CT molecular complexity index is 316. The number of hydrogen-bond donors (Lipinski definition) is 1. The molecule has 1 fully saturated rings. The van der Waals surface area contributed by atoms with Crippen LogP contribution in [0.1, 0.15) is 31.2 Å². The molecule has 1 nitrogen and oxygen atoms in total. The lowest BCUT2D eigenvalue weighted by atomic mass is 9.83. The van der Waals surface area contributed by atoms with Crippen molar-refractivity contribution in [2.45, 2.75) is 38.2 Å². The summed E-state index contributed by atoms with van der Waals surface area (Å²) in [6.07, 6.45) is 5.11. The molecule has 1 aliphatic carbocycles. The van der Waals surface area contributed by atoms with Gasteiger partial charge in [0.05, 0.1) is 6.10 Å². The number of benzene rings is 1. The van der Waals surface area contributed by atoms with Crippen LogP contribution in [0.5, 0.6) is 0 Å². The second kappa shape index (κ2) is 5.00. The van der Waals surface area contributed by atoms with Gasteiger partial charge in [0.25, 0.3) is 0 Å². The van der Waals surface area contributed by atoms with E-state index in [9.17, 15) is 5.11 Å². The molecular formula is C13H16ClO. The SMILES string of the molecule is OC1CCC(Cc2cc[c]cc2Cl)CC1. The quantitative estimate of drug-likeness (QED) is 0.816. The molecule has 1 aromatic carbocycles. The Hall–Kier alpha value is -0.530. The monoisotopic (exact) mass is 223 g/mol. The Labute approximate surface area is 96.1 Å². The molecule has 81 valence electrons. The molecule has 1 N–H and O–H groups in total. The van der Waals surface area contributed by atoms with Gasteiger partial charge in [0.2, 0.25) is 0 Å². The molecule has 0 bridgehead atoms. The van der Waals surface area contributed by atoms with Crippen LogP contribution in [0.4, 0.5) is 0 Å².